The summed E-state index contributed by atoms with van der Waals surface area (Å²) in [5.41, 5.74) is 0.861. The van der Waals surface area contributed by atoms with Gasteiger partial charge in [-0.05, 0) is 49.6 Å². The summed E-state index contributed by atoms with van der Waals surface area (Å²) in [6.45, 7) is 5.87. The molecule has 0 heterocycles. The molecule has 0 aliphatic carbocycles. The maximum atomic E-state index is 13.2. The summed E-state index contributed by atoms with van der Waals surface area (Å²) in [5, 5.41) is 3.41. The zero-order valence-corrected chi connectivity index (χ0v) is 19.3. The van der Waals surface area contributed by atoms with E-state index in [1.807, 2.05) is 45.0 Å². The molecule has 0 bridgehead atoms. The van der Waals surface area contributed by atoms with Gasteiger partial charge in [0.2, 0.25) is 5.91 Å². The molecule has 0 aromatic heterocycles. The number of rotatable bonds is 11. The first-order chi connectivity index (χ1) is 14.9. The summed E-state index contributed by atoms with van der Waals surface area (Å²) < 4.78 is 11.0. The number of amides is 2. The van der Waals surface area contributed by atoms with E-state index in [9.17, 15) is 9.59 Å². The van der Waals surface area contributed by atoms with Crippen molar-refractivity contribution in [1.29, 1.82) is 0 Å². The molecule has 2 atom stereocenters. The average molecular weight is 447 g/mol. The highest BCUT2D eigenvalue weighted by molar-refractivity contribution is 6.32. The highest BCUT2D eigenvalue weighted by Crippen LogP contribution is 2.23. The van der Waals surface area contributed by atoms with Gasteiger partial charge in [0, 0.05) is 12.6 Å². The summed E-state index contributed by atoms with van der Waals surface area (Å²) in [7, 11) is 1.59. The highest BCUT2D eigenvalue weighted by atomic mass is 35.5. The number of carbonyl (C=O) groups excluding carboxylic acids is 2. The minimum Gasteiger partial charge on any atom is -0.497 e. The van der Waals surface area contributed by atoms with Crippen LogP contribution >= 0.6 is 11.6 Å². The van der Waals surface area contributed by atoms with Crippen LogP contribution in [0, 0.1) is 0 Å². The van der Waals surface area contributed by atoms with Crippen LogP contribution in [-0.2, 0) is 16.1 Å². The summed E-state index contributed by atoms with van der Waals surface area (Å²) in [5.74, 6) is 0.644. The predicted octanol–water partition coefficient (Wildman–Crippen LogP) is 4.45. The Bertz CT molecular complexity index is 874. The first-order valence-electron chi connectivity index (χ1n) is 10.5. The number of nitrogens with one attached hydrogen (secondary N) is 1. The van der Waals surface area contributed by atoms with Gasteiger partial charge in [-0.3, -0.25) is 9.59 Å². The number of nitrogens with zero attached hydrogens (tertiary/aromatic N) is 1. The van der Waals surface area contributed by atoms with Crippen LogP contribution in [0.2, 0.25) is 5.02 Å². The zero-order chi connectivity index (χ0) is 22.8. The van der Waals surface area contributed by atoms with Gasteiger partial charge in [-0.2, -0.15) is 0 Å². The van der Waals surface area contributed by atoms with Gasteiger partial charge in [-0.15, -0.1) is 0 Å². The summed E-state index contributed by atoms with van der Waals surface area (Å²) in [6.07, 6.45) is 1.28. The molecule has 0 spiro atoms. The second kappa shape index (κ2) is 12.2. The second-order valence-electron chi connectivity index (χ2n) is 7.33. The molecule has 0 unspecified atom stereocenters. The second-order valence-corrected chi connectivity index (χ2v) is 7.74. The fourth-order valence-corrected chi connectivity index (χ4v) is 3.30. The first kappa shape index (κ1) is 24.5. The molecule has 0 aliphatic rings. The monoisotopic (exact) mass is 446 g/mol. The van der Waals surface area contributed by atoms with Gasteiger partial charge in [-0.1, -0.05) is 49.7 Å². The van der Waals surface area contributed by atoms with Gasteiger partial charge in [0.15, 0.2) is 6.61 Å². The quantitative estimate of drug-likeness (QED) is 0.553. The van der Waals surface area contributed by atoms with Crippen molar-refractivity contribution in [2.24, 2.45) is 0 Å². The largest absolute Gasteiger partial charge is 0.497 e. The molecule has 0 radical (unpaired) electrons. The van der Waals surface area contributed by atoms with Crippen molar-refractivity contribution >= 4 is 23.4 Å². The van der Waals surface area contributed by atoms with E-state index < -0.39 is 6.04 Å². The number of hydrogen-bond acceptors (Lipinski definition) is 4. The smallest absolute Gasteiger partial charge is 0.261 e. The summed E-state index contributed by atoms with van der Waals surface area (Å²) in [6, 6.07) is 13.8. The number of hydrogen-bond donors (Lipinski definition) is 1. The fraction of sp³-hybridized carbons (Fsp3) is 0.417. The van der Waals surface area contributed by atoms with Gasteiger partial charge < -0.3 is 19.7 Å². The van der Waals surface area contributed by atoms with Gasteiger partial charge in [0.1, 0.15) is 17.5 Å². The molecule has 0 saturated carbocycles. The Labute approximate surface area is 189 Å². The summed E-state index contributed by atoms with van der Waals surface area (Å²) >= 11 is 6.14. The Morgan fingerprint density at radius 3 is 2.48 bits per heavy atom. The van der Waals surface area contributed by atoms with Crippen molar-refractivity contribution in [3.8, 4) is 11.5 Å². The maximum Gasteiger partial charge on any atom is 0.261 e. The van der Waals surface area contributed by atoms with Gasteiger partial charge in [-0.25, -0.2) is 0 Å². The van der Waals surface area contributed by atoms with Crippen LogP contribution in [0.15, 0.2) is 48.5 Å². The van der Waals surface area contributed by atoms with E-state index in [1.165, 1.54) is 0 Å². The van der Waals surface area contributed by atoms with Gasteiger partial charge >= 0.3 is 0 Å². The minimum atomic E-state index is -0.623. The molecule has 2 rings (SSSR count). The zero-order valence-electron chi connectivity index (χ0n) is 18.6. The molecule has 168 valence electrons. The van der Waals surface area contributed by atoms with Crippen molar-refractivity contribution in [3.05, 3.63) is 59.1 Å². The molecule has 2 aromatic rings. The lowest BCUT2D eigenvalue weighted by Gasteiger charge is -2.31. The molecule has 0 fully saturated rings. The van der Waals surface area contributed by atoms with Crippen molar-refractivity contribution in [1.82, 2.24) is 10.2 Å². The third kappa shape index (κ3) is 7.17. The molecular weight excluding hydrogens is 416 g/mol. The van der Waals surface area contributed by atoms with E-state index >= 15 is 0 Å². The molecule has 2 aromatic carbocycles. The first-order valence-corrected chi connectivity index (χ1v) is 10.9. The van der Waals surface area contributed by atoms with Crippen LogP contribution in [0.3, 0.4) is 0 Å². The van der Waals surface area contributed by atoms with Crippen molar-refractivity contribution in [2.45, 2.75) is 52.2 Å². The molecule has 1 N–H and O–H groups in total. The van der Waals surface area contributed by atoms with Crippen LogP contribution in [0.4, 0.5) is 0 Å². The van der Waals surface area contributed by atoms with Crippen molar-refractivity contribution in [3.63, 3.8) is 0 Å². The van der Waals surface area contributed by atoms with Crippen molar-refractivity contribution in [2.75, 3.05) is 13.7 Å². The maximum absolute atomic E-state index is 13.2. The minimum absolute atomic E-state index is 0.0229. The third-order valence-corrected chi connectivity index (χ3v) is 5.37. The van der Waals surface area contributed by atoms with Crippen molar-refractivity contribution < 1.29 is 19.1 Å². The van der Waals surface area contributed by atoms with Crippen LogP contribution in [0.1, 0.15) is 39.2 Å². The van der Waals surface area contributed by atoms with Crippen LogP contribution in [-0.4, -0.2) is 42.5 Å². The topological polar surface area (TPSA) is 67.9 Å². The van der Waals surface area contributed by atoms with E-state index in [1.54, 1.807) is 36.3 Å². The lowest BCUT2D eigenvalue weighted by Crippen LogP contribution is -2.51. The molecule has 31 heavy (non-hydrogen) atoms. The predicted molar refractivity (Wildman–Crippen MR) is 122 cm³/mol. The average Bonchev–Trinajstić information content (AvgIpc) is 2.78. The number of carbonyl (C=O) groups is 2. The van der Waals surface area contributed by atoms with E-state index in [0.29, 0.717) is 22.9 Å². The SMILES string of the molecule is CC[C@@H](C)NC(=O)[C@@H](CC)N(Cc1cccc(OC)c1)C(=O)COc1ccccc1Cl. The number of ether oxygens (including phenoxy) is 2. The normalized spacial score (nSPS) is 12.5. The Hall–Kier alpha value is -2.73. The fourth-order valence-electron chi connectivity index (χ4n) is 3.11. The molecule has 2 amide bonds. The molecule has 0 saturated heterocycles. The van der Waals surface area contributed by atoms with E-state index in [-0.39, 0.29) is 31.0 Å². The Morgan fingerprint density at radius 1 is 1.10 bits per heavy atom. The van der Waals surface area contributed by atoms with Gasteiger partial charge in [0.05, 0.1) is 12.1 Å². The van der Waals surface area contributed by atoms with Crippen LogP contribution in [0.25, 0.3) is 0 Å². The molecule has 7 heteroatoms. The molecule has 0 aliphatic heterocycles. The number of para-hydroxylation sites is 1. The lowest BCUT2D eigenvalue weighted by molar-refractivity contribution is -0.143. The number of methoxy groups -OCH3 is 1. The Balaban J connectivity index is 2.25. The van der Waals surface area contributed by atoms with Crippen LogP contribution < -0.4 is 14.8 Å². The Kier molecular flexibility index (Phi) is 9.66. The molecule has 6 nitrogen and oxygen atoms in total. The van der Waals surface area contributed by atoms with Crippen LogP contribution in [0.5, 0.6) is 11.5 Å². The van der Waals surface area contributed by atoms with E-state index in [2.05, 4.69) is 5.32 Å². The third-order valence-electron chi connectivity index (χ3n) is 5.06. The van der Waals surface area contributed by atoms with E-state index in [4.69, 9.17) is 21.1 Å². The highest BCUT2D eigenvalue weighted by Gasteiger charge is 2.29. The number of halogens is 1. The van der Waals surface area contributed by atoms with E-state index in [0.717, 1.165) is 12.0 Å². The summed E-state index contributed by atoms with van der Waals surface area (Å²) in [4.78, 5) is 27.7. The Morgan fingerprint density at radius 2 is 1.84 bits per heavy atom. The van der Waals surface area contributed by atoms with Gasteiger partial charge in [0.25, 0.3) is 5.91 Å². The lowest BCUT2D eigenvalue weighted by atomic mass is 10.1. The molecular formula is C24H31ClN2O4. The number of benzene rings is 2. The standard InChI is InChI=1S/C24H31ClN2O4/c1-5-17(3)26-24(29)21(6-2)27(15-18-10-9-11-19(14-18)30-4)23(28)16-31-22-13-8-7-12-20(22)25/h7-14,17,21H,5-6,15-16H2,1-4H3,(H,26,29)/t17-,21-/m1/s1.